The number of nitrogens with one attached hydrogen (secondary N) is 4. The summed E-state index contributed by atoms with van der Waals surface area (Å²) in [4.78, 5) is 53.8. The Hall–Kier alpha value is -3.44. The zero-order valence-corrected chi connectivity index (χ0v) is 11.3. The van der Waals surface area contributed by atoms with Crippen molar-refractivity contribution in [1.82, 2.24) is 19.9 Å². The molecule has 0 aliphatic carbocycles. The molecule has 0 radical (unpaired) electrons. The second-order valence-electron chi connectivity index (χ2n) is 3.78. The van der Waals surface area contributed by atoms with Gasteiger partial charge < -0.3 is 9.47 Å². The van der Waals surface area contributed by atoms with Gasteiger partial charge in [-0.25, -0.2) is 9.59 Å². The summed E-state index contributed by atoms with van der Waals surface area (Å²) in [5.74, 6) is -0.477. The Balaban J connectivity index is 2.60. The number of hydrogen-bond acceptors (Lipinski definition) is 8. The lowest BCUT2D eigenvalue weighted by Crippen LogP contribution is -2.23. The molecule has 0 saturated heterocycles. The molecule has 0 amide bonds. The Kier molecular flexibility index (Phi) is 4.01. The molecular formula is C10H10N6O6. The maximum absolute atomic E-state index is 11.7. The van der Waals surface area contributed by atoms with Crippen molar-refractivity contribution in [2.24, 2.45) is 10.2 Å². The Labute approximate surface area is 119 Å². The van der Waals surface area contributed by atoms with E-state index in [1.807, 2.05) is 9.97 Å². The second kappa shape index (κ2) is 5.90. The van der Waals surface area contributed by atoms with E-state index >= 15 is 0 Å². The van der Waals surface area contributed by atoms with Gasteiger partial charge in [0.25, 0.3) is 11.1 Å². The van der Waals surface area contributed by atoms with Crippen LogP contribution in [0.4, 0.5) is 11.4 Å². The van der Waals surface area contributed by atoms with Crippen molar-refractivity contribution in [3.05, 3.63) is 41.7 Å². The maximum Gasteiger partial charge on any atom is 0.328 e. The van der Waals surface area contributed by atoms with Crippen molar-refractivity contribution in [3.63, 3.8) is 0 Å². The average molecular weight is 310 g/mol. The van der Waals surface area contributed by atoms with Crippen LogP contribution in [0.2, 0.25) is 0 Å². The van der Waals surface area contributed by atoms with E-state index in [4.69, 9.17) is 9.47 Å². The summed E-state index contributed by atoms with van der Waals surface area (Å²) in [6.45, 7) is 0. The molecule has 0 saturated carbocycles. The fourth-order valence-electron chi connectivity index (χ4n) is 1.50. The monoisotopic (exact) mass is 310 g/mol. The van der Waals surface area contributed by atoms with Crippen LogP contribution < -0.4 is 32.0 Å². The molecular weight excluding hydrogens is 300 g/mol. The van der Waals surface area contributed by atoms with Crippen molar-refractivity contribution in [2.45, 2.75) is 0 Å². The normalized spacial score (nSPS) is 10.8. The molecule has 0 aromatic carbocycles. The molecule has 4 N–H and O–H groups in total. The minimum Gasteiger partial charge on any atom is -0.480 e. The van der Waals surface area contributed by atoms with E-state index in [0.29, 0.717) is 0 Å². The predicted octanol–water partition coefficient (Wildman–Crippen LogP) is -1.13. The van der Waals surface area contributed by atoms with Gasteiger partial charge in [0.05, 0.1) is 14.2 Å². The summed E-state index contributed by atoms with van der Waals surface area (Å²) in [6, 6.07) is 0. The topological polar surface area (TPSA) is 175 Å². The number of aromatic amines is 4. The van der Waals surface area contributed by atoms with Crippen LogP contribution in [0.3, 0.4) is 0 Å². The first-order valence-corrected chi connectivity index (χ1v) is 5.69. The first kappa shape index (κ1) is 15.0. The standard InChI is InChI=1S/C10H10N6O6/c1-21-7-3(5(17)11-9(19)13-7)15-16-4-6(18)12-10(20)14-8(4)22-2/h1-2H3,(H2,11,13,17,19)(H2,12,14,18,20). The fourth-order valence-corrected chi connectivity index (χ4v) is 1.50. The van der Waals surface area contributed by atoms with Crippen LogP contribution in [0.5, 0.6) is 11.8 Å². The summed E-state index contributed by atoms with van der Waals surface area (Å²) in [5.41, 5.74) is -4.06. The molecule has 12 nitrogen and oxygen atoms in total. The van der Waals surface area contributed by atoms with Gasteiger partial charge in [-0.05, 0) is 0 Å². The van der Waals surface area contributed by atoms with Crippen molar-refractivity contribution in [2.75, 3.05) is 14.2 Å². The fraction of sp³-hybridized carbons (Fsp3) is 0.200. The molecule has 2 aromatic rings. The van der Waals surface area contributed by atoms with Gasteiger partial charge >= 0.3 is 11.4 Å². The number of ether oxygens (including phenoxy) is 2. The Morgan fingerprint density at radius 2 is 1.05 bits per heavy atom. The number of aromatic nitrogens is 4. The number of nitrogens with zero attached hydrogens (tertiary/aromatic N) is 2. The first-order chi connectivity index (χ1) is 10.5. The third kappa shape index (κ3) is 2.84. The third-order valence-electron chi connectivity index (χ3n) is 2.43. The highest BCUT2D eigenvalue weighted by Crippen LogP contribution is 2.23. The van der Waals surface area contributed by atoms with Gasteiger partial charge in [-0.15, -0.1) is 10.2 Å². The van der Waals surface area contributed by atoms with Gasteiger partial charge in [0.15, 0.2) is 0 Å². The number of rotatable bonds is 4. The Morgan fingerprint density at radius 1 is 0.682 bits per heavy atom. The molecule has 0 aliphatic heterocycles. The van der Waals surface area contributed by atoms with Crippen molar-refractivity contribution < 1.29 is 9.47 Å². The van der Waals surface area contributed by atoms with Crippen molar-refractivity contribution >= 4 is 11.4 Å². The van der Waals surface area contributed by atoms with Crippen LogP contribution in [0, 0.1) is 0 Å². The van der Waals surface area contributed by atoms with Crippen LogP contribution in [0.25, 0.3) is 0 Å². The van der Waals surface area contributed by atoms with E-state index in [9.17, 15) is 19.2 Å². The second-order valence-corrected chi connectivity index (χ2v) is 3.78. The molecule has 2 heterocycles. The smallest absolute Gasteiger partial charge is 0.328 e. The molecule has 0 bridgehead atoms. The molecule has 0 unspecified atom stereocenters. The lowest BCUT2D eigenvalue weighted by atomic mass is 10.5. The van der Waals surface area contributed by atoms with Crippen LogP contribution in [0.15, 0.2) is 29.4 Å². The van der Waals surface area contributed by atoms with E-state index in [2.05, 4.69) is 20.2 Å². The molecule has 22 heavy (non-hydrogen) atoms. The van der Waals surface area contributed by atoms with E-state index in [1.165, 1.54) is 14.2 Å². The van der Waals surface area contributed by atoms with Crippen LogP contribution in [0.1, 0.15) is 0 Å². The van der Waals surface area contributed by atoms with E-state index in [0.717, 1.165) is 0 Å². The number of azo groups is 1. The maximum atomic E-state index is 11.7. The zero-order chi connectivity index (χ0) is 16.3. The van der Waals surface area contributed by atoms with Gasteiger partial charge in [0.2, 0.25) is 23.1 Å². The highest BCUT2D eigenvalue weighted by molar-refractivity contribution is 5.47. The average Bonchev–Trinajstić information content (AvgIpc) is 2.46. The Bertz CT molecular complexity index is 870. The highest BCUT2D eigenvalue weighted by atomic mass is 16.5. The van der Waals surface area contributed by atoms with Crippen molar-refractivity contribution in [1.29, 1.82) is 0 Å². The highest BCUT2D eigenvalue weighted by Gasteiger charge is 2.12. The van der Waals surface area contributed by atoms with Crippen molar-refractivity contribution in [3.8, 4) is 11.8 Å². The van der Waals surface area contributed by atoms with Gasteiger partial charge in [0, 0.05) is 0 Å². The molecule has 2 rings (SSSR count). The lowest BCUT2D eigenvalue weighted by Gasteiger charge is -2.02. The van der Waals surface area contributed by atoms with E-state index in [-0.39, 0.29) is 23.1 Å². The molecule has 0 atom stereocenters. The van der Waals surface area contributed by atoms with Gasteiger partial charge in [0.1, 0.15) is 0 Å². The largest absolute Gasteiger partial charge is 0.480 e. The molecule has 12 heteroatoms. The number of methoxy groups -OCH3 is 2. The zero-order valence-electron chi connectivity index (χ0n) is 11.3. The van der Waals surface area contributed by atoms with Gasteiger partial charge in [-0.3, -0.25) is 29.5 Å². The number of H-pyrrole nitrogens is 4. The summed E-state index contributed by atoms with van der Waals surface area (Å²) < 4.78 is 9.59. The third-order valence-corrected chi connectivity index (χ3v) is 2.43. The quantitative estimate of drug-likeness (QED) is 0.519. The van der Waals surface area contributed by atoms with Crippen LogP contribution >= 0.6 is 0 Å². The van der Waals surface area contributed by atoms with E-state index < -0.39 is 22.5 Å². The summed E-state index contributed by atoms with van der Waals surface area (Å²) in [6.07, 6.45) is 0. The molecule has 0 aliphatic rings. The predicted molar refractivity (Wildman–Crippen MR) is 72.6 cm³/mol. The summed E-state index contributed by atoms with van der Waals surface area (Å²) in [5, 5.41) is 7.10. The van der Waals surface area contributed by atoms with Gasteiger partial charge in [-0.1, -0.05) is 0 Å². The minimum absolute atomic E-state index is 0.239. The van der Waals surface area contributed by atoms with Gasteiger partial charge in [-0.2, -0.15) is 0 Å². The molecule has 0 fully saturated rings. The number of hydrogen-bond donors (Lipinski definition) is 4. The lowest BCUT2D eigenvalue weighted by molar-refractivity contribution is 0.394. The summed E-state index contributed by atoms with van der Waals surface area (Å²) in [7, 11) is 2.41. The van der Waals surface area contributed by atoms with Crippen LogP contribution in [-0.4, -0.2) is 34.2 Å². The molecule has 2 aromatic heterocycles. The SMILES string of the molecule is COc1[nH]c(=O)[nH]c(=O)c1N=Nc1c(OC)[nH]c(=O)[nH]c1=O. The van der Waals surface area contributed by atoms with Crippen LogP contribution in [-0.2, 0) is 0 Å². The minimum atomic E-state index is -0.871. The summed E-state index contributed by atoms with van der Waals surface area (Å²) >= 11 is 0. The van der Waals surface area contributed by atoms with E-state index in [1.54, 1.807) is 0 Å². The molecule has 116 valence electrons. The Morgan fingerprint density at radius 3 is 1.36 bits per heavy atom. The first-order valence-electron chi connectivity index (χ1n) is 5.69. The molecule has 0 spiro atoms.